The van der Waals surface area contributed by atoms with Crippen molar-refractivity contribution in [3.63, 3.8) is 0 Å². The molecule has 1 saturated carbocycles. The van der Waals surface area contributed by atoms with Crippen LogP contribution in [0, 0.1) is 12.3 Å². The van der Waals surface area contributed by atoms with Gasteiger partial charge in [-0.3, -0.25) is 0 Å². The van der Waals surface area contributed by atoms with Gasteiger partial charge in [0.1, 0.15) is 11.7 Å². The second-order valence-electron chi connectivity index (χ2n) is 4.84. The zero-order valence-corrected chi connectivity index (χ0v) is 8.89. The number of hydrogen-bond acceptors (Lipinski definition) is 1. The summed E-state index contributed by atoms with van der Waals surface area (Å²) in [5.41, 5.74) is 2.72. The highest BCUT2D eigenvalue weighted by molar-refractivity contribution is 5.40. The smallest absolute Gasteiger partial charge is 0.135 e. The molecule has 0 amide bonds. The number of fused-ring (bicyclic) bond motifs is 3. The van der Waals surface area contributed by atoms with E-state index in [1.807, 2.05) is 6.42 Å². The van der Waals surface area contributed by atoms with Gasteiger partial charge in [-0.2, -0.15) is 0 Å². The molecule has 0 aliphatic heterocycles. The molecule has 2 aliphatic rings. The van der Waals surface area contributed by atoms with Crippen LogP contribution in [0.15, 0.2) is 24.3 Å². The van der Waals surface area contributed by atoms with Gasteiger partial charge in [-0.1, -0.05) is 12.8 Å². The summed E-state index contributed by atoms with van der Waals surface area (Å²) in [6.07, 6.45) is 6.88. The summed E-state index contributed by atoms with van der Waals surface area (Å²) in [6, 6.07) is 8.55. The summed E-state index contributed by atoms with van der Waals surface area (Å²) in [6.45, 7) is 0. The van der Waals surface area contributed by atoms with Gasteiger partial charge in [0.05, 0.1) is 12.0 Å². The van der Waals surface area contributed by atoms with E-state index >= 15 is 0 Å². The van der Waals surface area contributed by atoms with E-state index in [-0.39, 0.29) is 6.10 Å². The Kier molecular flexibility index (Phi) is 2.21. The Morgan fingerprint density at radius 3 is 2.87 bits per heavy atom. The van der Waals surface area contributed by atoms with Gasteiger partial charge in [-0.05, 0) is 31.0 Å². The summed E-state index contributed by atoms with van der Waals surface area (Å²) in [7, 11) is 0. The quantitative estimate of drug-likeness (QED) is 0.640. The first kappa shape index (κ1) is 9.29. The molecular weight excluding hydrogens is 184 g/mol. The lowest BCUT2D eigenvalue weighted by atomic mass is 9.67. The summed E-state index contributed by atoms with van der Waals surface area (Å²) >= 11 is 0. The van der Waals surface area contributed by atoms with E-state index in [0.29, 0.717) is 11.8 Å². The molecule has 1 heteroatoms. The number of rotatable bonds is 0. The van der Waals surface area contributed by atoms with Crippen molar-refractivity contribution >= 4 is 0 Å². The lowest BCUT2D eigenvalue weighted by molar-refractivity contribution is 0.0910. The van der Waals surface area contributed by atoms with Crippen LogP contribution >= 0.6 is 0 Å². The Hall–Kier alpha value is -0.950. The molecule has 1 nitrogen and oxygen atoms in total. The zero-order valence-electron chi connectivity index (χ0n) is 8.89. The fourth-order valence-electron chi connectivity index (χ4n) is 3.26. The van der Waals surface area contributed by atoms with Crippen molar-refractivity contribution in [3.05, 3.63) is 41.8 Å². The molecule has 0 radical (unpaired) electrons. The van der Waals surface area contributed by atoms with Crippen LogP contribution in [-0.2, 0) is 0 Å². The molecule has 0 unspecified atom stereocenters. The van der Waals surface area contributed by atoms with E-state index in [1.165, 1.54) is 36.8 Å². The highest BCUT2D eigenvalue weighted by Crippen LogP contribution is 2.45. The van der Waals surface area contributed by atoms with Crippen LogP contribution in [-0.4, -0.2) is 11.2 Å². The van der Waals surface area contributed by atoms with Crippen molar-refractivity contribution in [2.45, 2.75) is 37.7 Å². The molecule has 2 aliphatic carbocycles. The molecule has 0 heterocycles. The van der Waals surface area contributed by atoms with Crippen LogP contribution in [0.1, 0.15) is 42.7 Å². The molecule has 0 saturated heterocycles. The van der Waals surface area contributed by atoms with Crippen molar-refractivity contribution in [2.24, 2.45) is 5.92 Å². The largest absolute Gasteiger partial charge is 0.376 e. The minimum Gasteiger partial charge on any atom is -0.376 e. The van der Waals surface area contributed by atoms with Gasteiger partial charge < -0.3 is 5.11 Å². The molecule has 0 aromatic heterocycles. The molecule has 78 valence electrons. The molecule has 3 rings (SSSR count). The third-order valence-electron chi connectivity index (χ3n) is 4.00. The molecule has 0 spiro atoms. The topological polar surface area (TPSA) is 20.2 Å². The summed E-state index contributed by atoms with van der Waals surface area (Å²) in [5.74, 6) is 1.09. The second-order valence-corrected chi connectivity index (χ2v) is 4.84. The van der Waals surface area contributed by atoms with Gasteiger partial charge in [0.15, 0.2) is 0 Å². The minimum absolute atomic E-state index is 0.217. The highest BCUT2D eigenvalue weighted by Gasteiger charge is 2.41. The van der Waals surface area contributed by atoms with Crippen molar-refractivity contribution in [2.75, 3.05) is 0 Å². The van der Waals surface area contributed by atoms with Crippen LogP contribution in [0.25, 0.3) is 0 Å². The standard InChI is InChI=1S/C14H17O/c15-14-9-10-5-1-2-6-11(10)12-7-3-4-8-13(12)14/h1-2,5-6,9,12-15H,3-4,7-8H2/q+1/t12-,13+,14-/m0/s1. The van der Waals surface area contributed by atoms with Crippen molar-refractivity contribution in [3.8, 4) is 0 Å². The van der Waals surface area contributed by atoms with Crippen LogP contribution in [0.3, 0.4) is 0 Å². The third-order valence-corrected chi connectivity index (χ3v) is 4.00. The van der Waals surface area contributed by atoms with Crippen LogP contribution in [0.2, 0.25) is 0 Å². The second kappa shape index (κ2) is 3.57. The zero-order chi connectivity index (χ0) is 10.3. The maximum atomic E-state index is 10.1. The first-order valence-corrected chi connectivity index (χ1v) is 5.98. The Labute approximate surface area is 91.1 Å². The normalized spacial score (nSPS) is 33.8. The fraction of sp³-hybridized carbons (Fsp3) is 0.500. The average molecular weight is 201 g/mol. The molecule has 3 atom stereocenters. The third kappa shape index (κ3) is 1.46. The Balaban J connectivity index is 2.02. The summed E-state index contributed by atoms with van der Waals surface area (Å²) in [4.78, 5) is 0. The van der Waals surface area contributed by atoms with Crippen LogP contribution in [0.5, 0.6) is 0 Å². The number of benzene rings is 1. The predicted octanol–water partition coefficient (Wildman–Crippen LogP) is 2.89. The van der Waals surface area contributed by atoms with Gasteiger partial charge in [0.25, 0.3) is 0 Å². The van der Waals surface area contributed by atoms with E-state index in [0.717, 1.165) is 0 Å². The first-order chi connectivity index (χ1) is 7.36. The Bertz CT molecular complexity index is 358. The van der Waals surface area contributed by atoms with Crippen molar-refractivity contribution < 1.29 is 5.11 Å². The van der Waals surface area contributed by atoms with E-state index in [1.54, 1.807) is 0 Å². The SMILES string of the molecule is O[C@H]1[CH+]c2ccccc2[C@@H]2CCCC[C@@H]12. The lowest BCUT2D eigenvalue weighted by Gasteiger charge is -2.35. The van der Waals surface area contributed by atoms with Gasteiger partial charge in [0, 0.05) is 17.9 Å². The maximum absolute atomic E-state index is 10.1. The lowest BCUT2D eigenvalue weighted by Crippen LogP contribution is -2.34. The van der Waals surface area contributed by atoms with Crippen LogP contribution in [0.4, 0.5) is 0 Å². The maximum Gasteiger partial charge on any atom is 0.135 e. The highest BCUT2D eigenvalue weighted by atomic mass is 16.3. The summed E-state index contributed by atoms with van der Waals surface area (Å²) in [5, 5.41) is 10.1. The van der Waals surface area contributed by atoms with Crippen molar-refractivity contribution in [1.29, 1.82) is 0 Å². The Morgan fingerprint density at radius 2 is 1.93 bits per heavy atom. The predicted molar refractivity (Wildman–Crippen MR) is 60.5 cm³/mol. The van der Waals surface area contributed by atoms with E-state index < -0.39 is 0 Å². The number of hydrogen-bond donors (Lipinski definition) is 1. The Morgan fingerprint density at radius 1 is 1.13 bits per heavy atom. The minimum atomic E-state index is -0.217. The average Bonchev–Trinajstić information content (AvgIpc) is 2.30. The van der Waals surface area contributed by atoms with E-state index in [2.05, 4.69) is 24.3 Å². The molecule has 0 bridgehead atoms. The number of aliphatic hydroxyl groups excluding tert-OH is 1. The van der Waals surface area contributed by atoms with Crippen molar-refractivity contribution in [1.82, 2.24) is 0 Å². The van der Waals surface area contributed by atoms with E-state index in [4.69, 9.17) is 0 Å². The van der Waals surface area contributed by atoms with Gasteiger partial charge in [0.2, 0.25) is 0 Å². The monoisotopic (exact) mass is 201 g/mol. The van der Waals surface area contributed by atoms with Gasteiger partial charge in [-0.25, -0.2) is 0 Å². The molecule has 1 aromatic rings. The molecule has 15 heavy (non-hydrogen) atoms. The molecule has 1 fully saturated rings. The molecular formula is C14H17O+. The summed E-state index contributed by atoms with van der Waals surface area (Å²) < 4.78 is 0. The van der Waals surface area contributed by atoms with Gasteiger partial charge in [-0.15, -0.1) is 0 Å². The first-order valence-electron chi connectivity index (χ1n) is 5.98. The number of aliphatic hydroxyl groups is 1. The molecule has 1 aromatic carbocycles. The molecule has 1 N–H and O–H groups in total. The van der Waals surface area contributed by atoms with Crippen LogP contribution < -0.4 is 0 Å². The van der Waals surface area contributed by atoms with E-state index in [9.17, 15) is 5.11 Å². The van der Waals surface area contributed by atoms with Gasteiger partial charge >= 0.3 is 0 Å². The fourth-order valence-corrected chi connectivity index (χ4v) is 3.26.